The van der Waals surface area contributed by atoms with Crippen molar-refractivity contribution in [2.75, 3.05) is 0 Å². The summed E-state index contributed by atoms with van der Waals surface area (Å²) in [7, 11) is 0. The van der Waals surface area contributed by atoms with Gasteiger partial charge in [-0.05, 0) is 55.2 Å². The lowest BCUT2D eigenvalue weighted by atomic mass is 9.83. The van der Waals surface area contributed by atoms with Crippen LogP contribution < -0.4 is 0 Å². The molecule has 0 fully saturated rings. The lowest BCUT2D eigenvalue weighted by Gasteiger charge is -2.23. The van der Waals surface area contributed by atoms with Crippen molar-refractivity contribution in [2.24, 2.45) is 10.8 Å². The molecule has 0 spiro atoms. The van der Waals surface area contributed by atoms with Gasteiger partial charge >= 0.3 is 5.97 Å². The summed E-state index contributed by atoms with van der Waals surface area (Å²) in [5, 5.41) is 21.3. The van der Waals surface area contributed by atoms with Crippen molar-refractivity contribution in [2.45, 2.75) is 54.0 Å². The van der Waals surface area contributed by atoms with Crippen molar-refractivity contribution in [1.29, 1.82) is 0 Å². The van der Waals surface area contributed by atoms with E-state index in [1.807, 2.05) is 37.5 Å². The Hall–Kier alpha value is -2.79. The molecule has 0 aliphatic carbocycles. The second-order valence-corrected chi connectivity index (χ2v) is 10.7. The molecule has 5 nitrogen and oxygen atoms in total. The minimum Gasteiger partial charge on any atom is -0.508 e. The van der Waals surface area contributed by atoms with E-state index in [0.717, 1.165) is 11.1 Å². The molecular formula is C26H30ClNO4. The summed E-state index contributed by atoms with van der Waals surface area (Å²) in [6.45, 7) is 9.76. The minimum absolute atomic E-state index is 0.0563. The van der Waals surface area contributed by atoms with E-state index in [1.165, 1.54) is 0 Å². The van der Waals surface area contributed by atoms with Crippen LogP contribution in [0.4, 0.5) is 0 Å². The third-order valence-electron chi connectivity index (χ3n) is 5.57. The van der Waals surface area contributed by atoms with Gasteiger partial charge in [0.05, 0.1) is 5.41 Å². The van der Waals surface area contributed by atoms with E-state index in [4.69, 9.17) is 11.6 Å². The van der Waals surface area contributed by atoms with Crippen LogP contribution in [-0.2, 0) is 17.8 Å². The number of Topliss-reactive ketones (excluding diaryl/α,β-unsaturated/α-hetero) is 1. The van der Waals surface area contributed by atoms with Crippen molar-refractivity contribution < 1.29 is 19.8 Å². The third kappa shape index (κ3) is 5.16. The number of carboxylic acids is 1. The standard InChI is InChI=1S/C26H30ClNO4/c1-25(2,3)14-22(30)23-19-12-18(29)10-11-20(19)28(15-16-6-8-17(27)9-7-16)21(23)13-26(4,5)24(31)32/h6-12,29H,13-15H2,1-5H3,(H,31,32). The van der Waals surface area contributed by atoms with E-state index in [-0.39, 0.29) is 23.4 Å². The Kier molecular flexibility index (Phi) is 6.43. The number of aliphatic carboxylic acids is 1. The molecule has 0 bridgehead atoms. The maximum Gasteiger partial charge on any atom is 0.309 e. The van der Waals surface area contributed by atoms with E-state index in [0.29, 0.717) is 34.6 Å². The first-order valence-electron chi connectivity index (χ1n) is 10.6. The number of phenolic OH excluding ortho intramolecular Hbond substituents is 1. The Morgan fingerprint density at radius 1 is 1.00 bits per heavy atom. The van der Waals surface area contributed by atoms with E-state index < -0.39 is 11.4 Å². The van der Waals surface area contributed by atoms with Crippen molar-refractivity contribution in [3.8, 4) is 5.75 Å². The number of fused-ring (bicyclic) bond motifs is 1. The van der Waals surface area contributed by atoms with Crippen LogP contribution >= 0.6 is 11.6 Å². The lowest BCUT2D eigenvalue weighted by molar-refractivity contribution is -0.146. The van der Waals surface area contributed by atoms with Gasteiger partial charge in [-0.25, -0.2) is 0 Å². The fourth-order valence-corrected chi connectivity index (χ4v) is 4.03. The number of hydrogen-bond acceptors (Lipinski definition) is 3. The van der Waals surface area contributed by atoms with Crippen LogP contribution in [0.15, 0.2) is 42.5 Å². The number of halogens is 1. The van der Waals surface area contributed by atoms with Crippen molar-refractivity contribution in [1.82, 2.24) is 4.57 Å². The molecule has 3 aromatic rings. The van der Waals surface area contributed by atoms with Gasteiger partial charge in [0.25, 0.3) is 0 Å². The number of carbonyl (C=O) groups is 2. The van der Waals surface area contributed by atoms with E-state index in [2.05, 4.69) is 0 Å². The first-order valence-corrected chi connectivity index (χ1v) is 11.0. The normalized spacial score (nSPS) is 12.3. The second kappa shape index (κ2) is 8.62. The molecule has 0 saturated carbocycles. The van der Waals surface area contributed by atoms with Crippen LogP contribution in [0.25, 0.3) is 10.9 Å². The second-order valence-electron chi connectivity index (χ2n) is 10.3. The zero-order chi connectivity index (χ0) is 23.8. The molecule has 0 radical (unpaired) electrons. The van der Waals surface area contributed by atoms with Crippen LogP contribution in [0.3, 0.4) is 0 Å². The summed E-state index contributed by atoms with van der Waals surface area (Å²) < 4.78 is 2.00. The van der Waals surface area contributed by atoms with Gasteiger partial charge in [-0.3, -0.25) is 9.59 Å². The number of hydrogen-bond donors (Lipinski definition) is 2. The zero-order valence-corrected chi connectivity index (χ0v) is 20.0. The number of aromatic hydroxyl groups is 1. The number of carbonyl (C=O) groups excluding carboxylic acids is 1. The quantitative estimate of drug-likeness (QED) is 0.408. The fourth-order valence-electron chi connectivity index (χ4n) is 3.91. The maximum atomic E-state index is 13.5. The number of phenols is 1. The molecule has 0 aliphatic heterocycles. The molecule has 2 aromatic carbocycles. The summed E-state index contributed by atoms with van der Waals surface area (Å²) in [6, 6.07) is 12.4. The van der Waals surface area contributed by atoms with Gasteiger partial charge in [0.1, 0.15) is 5.75 Å². The van der Waals surface area contributed by atoms with E-state index >= 15 is 0 Å². The SMILES string of the molecule is CC(C)(C)CC(=O)c1c(CC(C)(C)C(=O)O)n(Cc2ccc(Cl)cc2)c2ccc(O)cc12. The summed E-state index contributed by atoms with van der Waals surface area (Å²) in [4.78, 5) is 25.5. The average Bonchev–Trinajstić information content (AvgIpc) is 2.94. The molecule has 6 heteroatoms. The van der Waals surface area contributed by atoms with Gasteiger partial charge in [-0.15, -0.1) is 0 Å². The minimum atomic E-state index is -1.08. The molecule has 1 aromatic heterocycles. The Morgan fingerprint density at radius 2 is 1.62 bits per heavy atom. The maximum absolute atomic E-state index is 13.5. The van der Waals surface area contributed by atoms with Gasteiger partial charge in [0.2, 0.25) is 0 Å². The highest BCUT2D eigenvalue weighted by atomic mass is 35.5. The third-order valence-corrected chi connectivity index (χ3v) is 5.82. The first-order chi connectivity index (χ1) is 14.8. The number of ketones is 1. The van der Waals surface area contributed by atoms with Crippen molar-refractivity contribution in [3.05, 3.63) is 64.3 Å². The highest BCUT2D eigenvalue weighted by Crippen LogP contribution is 2.36. The summed E-state index contributed by atoms with van der Waals surface area (Å²) >= 11 is 6.04. The Morgan fingerprint density at radius 3 is 2.19 bits per heavy atom. The molecule has 170 valence electrons. The molecule has 3 rings (SSSR count). The van der Waals surface area contributed by atoms with E-state index in [9.17, 15) is 19.8 Å². The van der Waals surface area contributed by atoms with Crippen LogP contribution in [0.2, 0.25) is 5.02 Å². The molecule has 0 aliphatic rings. The Bertz CT molecular complexity index is 1170. The van der Waals surface area contributed by atoms with Crippen LogP contribution in [-0.4, -0.2) is 26.5 Å². The van der Waals surface area contributed by atoms with Gasteiger partial charge in [0.15, 0.2) is 5.78 Å². The molecule has 0 unspecified atom stereocenters. The fraction of sp³-hybridized carbons (Fsp3) is 0.385. The average molecular weight is 456 g/mol. The zero-order valence-electron chi connectivity index (χ0n) is 19.2. The molecule has 0 saturated heterocycles. The van der Waals surface area contributed by atoms with Crippen LogP contribution in [0, 0.1) is 10.8 Å². The van der Waals surface area contributed by atoms with Crippen LogP contribution in [0.1, 0.15) is 62.7 Å². The number of nitrogens with zero attached hydrogens (tertiary/aromatic N) is 1. The highest BCUT2D eigenvalue weighted by Gasteiger charge is 2.33. The molecule has 32 heavy (non-hydrogen) atoms. The Labute approximate surface area is 193 Å². The molecule has 1 heterocycles. The smallest absolute Gasteiger partial charge is 0.309 e. The molecule has 0 amide bonds. The number of rotatable bonds is 7. The molecule has 2 N–H and O–H groups in total. The van der Waals surface area contributed by atoms with Gasteiger partial charge in [-0.1, -0.05) is 44.5 Å². The number of carboxylic acid groups (broad SMARTS) is 1. The van der Waals surface area contributed by atoms with E-state index in [1.54, 1.807) is 44.2 Å². The van der Waals surface area contributed by atoms with Gasteiger partial charge in [0, 0.05) is 46.6 Å². The predicted octanol–water partition coefficient (Wildman–Crippen LogP) is 6.32. The van der Waals surface area contributed by atoms with Crippen molar-refractivity contribution in [3.63, 3.8) is 0 Å². The summed E-state index contributed by atoms with van der Waals surface area (Å²) in [5.74, 6) is -0.924. The van der Waals surface area contributed by atoms with Crippen LogP contribution in [0.5, 0.6) is 5.75 Å². The topological polar surface area (TPSA) is 79.5 Å². The number of benzene rings is 2. The lowest BCUT2D eigenvalue weighted by Crippen LogP contribution is -2.28. The van der Waals surface area contributed by atoms with Gasteiger partial charge in [-0.2, -0.15) is 0 Å². The monoisotopic (exact) mass is 455 g/mol. The van der Waals surface area contributed by atoms with Gasteiger partial charge < -0.3 is 14.8 Å². The largest absolute Gasteiger partial charge is 0.508 e. The summed E-state index contributed by atoms with van der Waals surface area (Å²) in [5.41, 5.74) is 1.61. The first kappa shape index (κ1) is 23.9. The van der Waals surface area contributed by atoms with Crippen molar-refractivity contribution >= 4 is 34.3 Å². The summed E-state index contributed by atoms with van der Waals surface area (Å²) in [6.07, 6.45) is 0.486. The predicted molar refractivity (Wildman–Crippen MR) is 128 cm³/mol. The highest BCUT2D eigenvalue weighted by molar-refractivity contribution is 6.30. The Balaban J connectivity index is 2.29. The molecular weight excluding hydrogens is 426 g/mol. The number of aromatic nitrogens is 1. The molecule has 0 atom stereocenters.